The van der Waals surface area contributed by atoms with Crippen LogP contribution in [0.2, 0.25) is 5.15 Å². The van der Waals surface area contributed by atoms with Gasteiger partial charge in [0.05, 0.1) is 25.3 Å². The van der Waals surface area contributed by atoms with Crippen molar-refractivity contribution in [2.24, 2.45) is 0 Å². The highest BCUT2D eigenvalue weighted by Crippen LogP contribution is 2.32. The molecule has 0 atom stereocenters. The summed E-state index contributed by atoms with van der Waals surface area (Å²) in [5.74, 6) is 1.34. The fourth-order valence-electron chi connectivity index (χ4n) is 2.37. The third-order valence-corrected chi connectivity index (χ3v) is 3.66. The van der Waals surface area contributed by atoms with E-state index in [4.69, 9.17) is 21.1 Å². The van der Waals surface area contributed by atoms with Crippen LogP contribution in [-0.2, 0) is 0 Å². The molecule has 0 saturated carbocycles. The highest BCUT2D eigenvalue weighted by Gasteiger charge is 2.13. The number of aromatic nitrogens is 3. The fourth-order valence-corrected chi connectivity index (χ4v) is 2.65. The van der Waals surface area contributed by atoms with E-state index >= 15 is 0 Å². The molecule has 1 aromatic carbocycles. The lowest BCUT2D eigenvalue weighted by Gasteiger charge is -2.10. The van der Waals surface area contributed by atoms with E-state index in [-0.39, 0.29) is 0 Å². The molecule has 5 nitrogen and oxygen atoms in total. The smallest absolute Gasteiger partial charge is 0.162 e. The van der Waals surface area contributed by atoms with Crippen LogP contribution in [0.3, 0.4) is 0 Å². The summed E-state index contributed by atoms with van der Waals surface area (Å²) in [5.41, 5.74) is 2.70. The maximum Gasteiger partial charge on any atom is 0.162 e. The maximum atomic E-state index is 6.16. The summed E-state index contributed by atoms with van der Waals surface area (Å²) in [5, 5.41) is 1.31. The molecule has 23 heavy (non-hydrogen) atoms. The average Bonchev–Trinajstić information content (AvgIpc) is 2.94. The molecule has 0 unspecified atom stereocenters. The van der Waals surface area contributed by atoms with E-state index in [1.807, 2.05) is 49.7 Å². The van der Waals surface area contributed by atoms with E-state index in [0.29, 0.717) is 16.7 Å². The monoisotopic (exact) mass is 333 g/mol. The van der Waals surface area contributed by atoms with Crippen LogP contribution in [0.25, 0.3) is 16.7 Å². The predicted molar refractivity (Wildman–Crippen MR) is 93.1 cm³/mol. The van der Waals surface area contributed by atoms with Gasteiger partial charge in [-0.25, -0.2) is 9.97 Å². The van der Waals surface area contributed by atoms with Crippen LogP contribution >= 0.6 is 11.6 Å². The first-order chi connectivity index (χ1) is 11.2. The second-order valence-electron chi connectivity index (χ2n) is 4.58. The van der Waals surface area contributed by atoms with Gasteiger partial charge in [0.25, 0.3) is 0 Å². The van der Waals surface area contributed by atoms with Gasteiger partial charge in [0, 0.05) is 12.3 Å². The lowest BCUT2D eigenvalue weighted by Crippen LogP contribution is -1.97. The second kappa shape index (κ2) is 7.33. The zero-order valence-electron chi connectivity index (χ0n) is 13.9. The van der Waals surface area contributed by atoms with Gasteiger partial charge >= 0.3 is 0 Å². The molecule has 0 spiro atoms. The summed E-state index contributed by atoms with van der Waals surface area (Å²) in [6, 6.07) is 5.70. The highest BCUT2D eigenvalue weighted by atomic mass is 35.5. The van der Waals surface area contributed by atoms with Gasteiger partial charge in [-0.2, -0.15) is 0 Å². The van der Waals surface area contributed by atoms with Crippen molar-refractivity contribution >= 4 is 22.6 Å². The van der Waals surface area contributed by atoms with Gasteiger partial charge in [-0.3, -0.25) is 0 Å². The lowest BCUT2D eigenvalue weighted by atomic mass is 10.2. The molecule has 0 radical (unpaired) electrons. The zero-order valence-corrected chi connectivity index (χ0v) is 14.7. The molecule has 2 aromatic heterocycles. The van der Waals surface area contributed by atoms with Crippen molar-refractivity contribution in [3.63, 3.8) is 0 Å². The van der Waals surface area contributed by atoms with Crippen molar-refractivity contribution in [2.75, 3.05) is 14.2 Å². The fraction of sp³-hybridized carbons (Fsp3) is 0.294. The van der Waals surface area contributed by atoms with Gasteiger partial charge in [0.1, 0.15) is 17.1 Å². The molecule has 0 aliphatic heterocycles. The van der Waals surface area contributed by atoms with Crippen molar-refractivity contribution in [2.45, 2.75) is 20.8 Å². The number of rotatable bonds is 3. The number of hydrogen-bond acceptors (Lipinski definition) is 4. The standard InChI is InChI=1S/C15H14ClN3O2.C2H6/c1-9-7-19(15-13(9)14(16)17-8-18-15)10-4-5-11(20-2)12(6-10)21-3;1-2/h4-8H,1-3H3;1-2H3. The van der Waals surface area contributed by atoms with E-state index in [1.165, 1.54) is 6.33 Å². The number of fused-ring (bicyclic) bond motifs is 1. The maximum absolute atomic E-state index is 6.16. The first-order valence-electron chi connectivity index (χ1n) is 7.36. The number of halogens is 1. The van der Waals surface area contributed by atoms with E-state index in [0.717, 1.165) is 22.3 Å². The number of aryl methyl sites for hydroxylation is 1. The van der Waals surface area contributed by atoms with E-state index in [9.17, 15) is 0 Å². The van der Waals surface area contributed by atoms with Gasteiger partial charge in [0.2, 0.25) is 0 Å². The third-order valence-electron chi connectivity index (χ3n) is 3.37. The normalized spacial score (nSPS) is 10.2. The van der Waals surface area contributed by atoms with E-state index in [2.05, 4.69) is 9.97 Å². The Morgan fingerprint density at radius 2 is 1.74 bits per heavy atom. The van der Waals surface area contributed by atoms with Crippen molar-refractivity contribution in [1.82, 2.24) is 14.5 Å². The number of hydrogen-bond donors (Lipinski definition) is 0. The molecule has 0 aliphatic carbocycles. The van der Waals surface area contributed by atoms with Gasteiger partial charge in [0.15, 0.2) is 11.5 Å². The average molecular weight is 334 g/mol. The second-order valence-corrected chi connectivity index (χ2v) is 4.94. The molecule has 2 heterocycles. The minimum atomic E-state index is 0.455. The quantitative estimate of drug-likeness (QED) is 0.665. The first-order valence-corrected chi connectivity index (χ1v) is 7.74. The largest absolute Gasteiger partial charge is 0.493 e. The summed E-state index contributed by atoms with van der Waals surface area (Å²) < 4.78 is 12.6. The molecule has 0 saturated heterocycles. The molecule has 0 bridgehead atoms. The molecule has 6 heteroatoms. The summed E-state index contributed by atoms with van der Waals surface area (Å²) in [4.78, 5) is 8.37. The van der Waals surface area contributed by atoms with Crippen LogP contribution in [0.4, 0.5) is 0 Å². The highest BCUT2D eigenvalue weighted by molar-refractivity contribution is 6.34. The lowest BCUT2D eigenvalue weighted by molar-refractivity contribution is 0.355. The molecule has 0 fully saturated rings. The van der Waals surface area contributed by atoms with Crippen molar-refractivity contribution in [3.8, 4) is 17.2 Å². The summed E-state index contributed by atoms with van der Waals surface area (Å²) >= 11 is 6.16. The van der Waals surface area contributed by atoms with Crippen molar-refractivity contribution < 1.29 is 9.47 Å². The van der Waals surface area contributed by atoms with Gasteiger partial charge in [-0.15, -0.1) is 0 Å². The molecular formula is C17H20ClN3O2. The zero-order chi connectivity index (χ0) is 17.0. The Morgan fingerprint density at radius 1 is 1.04 bits per heavy atom. The Labute approximate surface area is 140 Å². The van der Waals surface area contributed by atoms with E-state index < -0.39 is 0 Å². The minimum absolute atomic E-state index is 0.455. The summed E-state index contributed by atoms with van der Waals surface area (Å²) in [6.45, 7) is 5.98. The number of benzene rings is 1. The number of nitrogens with zero attached hydrogens (tertiary/aromatic N) is 3. The number of methoxy groups -OCH3 is 2. The Morgan fingerprint density at radius 3 is 2.39 bits per heavy atom. The molecule has 0 amide bonds. The summed E-state index contributed by atoms with van der Waals surface area (Å²) in [6.07, 6.45) is 3.44. The molecule has 0 N–H and O–H groups in total. The minimum Gasteiger partial charge on any atom is -0.493 e. The molecule has 3 rings (SSSR count). The van der Waals surface area contributed by atoms with Gasteiger partial charge < -0.3 is 14.0 Å². The van der Waals surface area contributed by atoms with Crippen molar-refractivity contribution in [3.05, 3.63) is 41.4 Å². The van der Waals surface area contributed by atoms with Crippen LogP contribution < -0.4 is 9.47 Å². The molecule has 3 aromatic rings. The van der Waals surface area contributed by atoms with Crippen molar-refractivity contribution in [1.29, 1.82) is 0 Å². The van der Waals surface area contributed by atoms with Crippen LogP contribution in [-0.4, -0.2) is 28.8 Å². The Bertz CT molecular complexity index is 815. The summed E-state index contributed by atoms with van der Waals surface area (Å²) in [7, 11) is 3.22. The van der Waals surface area contributed by atoms with Crippen LogP contribution in [0, 0.1) is 6.92 Å². The van der Waals surface area contributed by atoms with Gasteiger partial charge in [-0.1, -0.05) is 25.4 Å². The van der Waals surface area contributed by atoms with Gasteiger partial charge in [-0.05, 0) is 24.6 Å². The Hall–Kier alpha value is -2.27. The van der Waals surface area contributed by atoms with Crippen LogP contribution in [0.15, 0.2) is 30.7 Å². The topological polar surface area (TPSA) is 49.2 Å². The first kappa shape index (κ1) is 17.1. The van der Waals surface area contributed by atoms with Crippen LogP contribution in [0.5, 0.6) is 11.5 Å². The third kappa shape index (κ3) is 3.10. The Balaban J connectivity index is 0.000000924. The molecule has 0 aliphatic rings. The van der Waals surface area contributed by atoms with Crippen LogP contribution in [0.1, 0.15) is 19.4 Å². The molecule has 122 valence electrons. The van der Waals surface area contributed by atoms with E-state index in [1.54, 1.807) is 14.2 Å². The number of ether oxygens (including phenoxy) is 2. The SMILES string of the molecule is CC.COc1ccc(-n2cc(C)c3c(Cl)ncnc32)cc1OC. The Kier molecular flexibility index (Phi) is 5.45. The molecular weight excluding hydrogens is 314 g/mol. The predicted octanol–water partition coefficient (Wildman–Crippen LogP) is 4.43.